The quantitative estimate of drug-likeness (QED) is 0.641. The second-order valence-corrected chi connectivity index (χ2v) is 6.59. The minimum atomic E-state index is -0.281. The van der Waals surface area contributed by atoms with Crippen LogP contribution in [-0.2, 0) is 6.42 Å². The summed E-state index contributed by atoms with van der Waals surface area (Å²) in [6, 6.07) is 8.85. The third-order valence-corrected chi connectivity index (χ3v) is 4.69. The zero-order valence-electron chi connectivity index (χ0n) is 12.1. The number of aromatic nitrogens is 2. The Kier molecular flexibility index (Phi) is 4.62. The number of fused-ring (bicyclic) bond motifs is 1. The van der Waals surface area contributed by atoms with E-state index in [0.29, 0.717) is 33.5 Å². The van der Waals surface area contributed by atoms with Crippen LogP contribution in [-0.4, -0.2) is 15.3 Å². The van der Waals surface area contributed by atoms with E-state index >= 15 is 0 Å². The Hall–Kier alpha value is -1.56. The zero-order valence-corrected chi connectivity index (χ0v) is 15.2. The molecule has 2 aromatic heterocycles. The van der Waals surface area contributed by atoms with Crippen LogP contribution in [0.2, 0.25) is 10.0 Å². The number of halogens is 3. The Morgan fingerprint density at radius 1 is 1.30 bits per heavy atom. The van der Waals surface area contributed by atoms with Gasteiger partial charge in [0.05, 0.1) is 21.4 Å². The van der Waals surface area contributed by atoms with Crippen molar-refractivity contribution in [2.75, 3.05) is 5.32 Å². The molecule has 0 radical (unpaired) electrons. The van der Waals surface area contributed by atoms with E-state index in [2.05, 4.69) is 26.2 Å². The van der Waals surface area contributed by atoms with E-state index in [1.807, 2.05) is 25.3 Å². The molecular weight excluding hydrogens is 401 g/mol. The van der Waals surface area contributed by atoms with Crippen LogP contribution in [0.5, 0.6) is 0 Å². The Morgan fingerprint density at radius 2 is 2.09 bits per heavy atom. The molecule has 2 heterocycles. The molecule has 23 heavy (non-hydrogen) atoms. The van der Waals surface area contributed by atoms with Crippen LogP contribution >= 0.6 is 39.1 Å². The molecule has 3 aromatic rings. The second kappa shape index (κ2) is 6.51. The Morgan fingerprint density at radius 3 is 2.83 bits per heavy atom. The molecule has 0 saturated carbocycles. The van der Waals surface area contributed by atoms with E-state index < -0.39 is 0 Å². The second-order valence-electron chi connectivity index (χ2n) is 4.89. The first kappa shape index (κ1) is 16.3. The Labute approximate surface area is 151 Å². The summed E-state index contributed by atoms with van der Waals surface area (Å²) in [6.45, 7) is 1.96. The maximum atomic E-state index is 12.8. The van der Waals surface area contributed by atoms with Crippen LogP contribution in [0.15, 0.2) is 41.0 Å². The molecule has 0 aliphatic heterocycles. The molecular formula is C16H12BrCl2N3O. The van der Waals surface area contributed by atoms with Gasteiger partial charge in [-0.3, -0.25) is 9.20 Å². The topological polar surface area (TPSA) is 46.4 Å². The highest BCUT2D eigenvalue weighted by molar-refractivity contribution is 9.10. The summed E-state index contributed by atoms with van der Waals surface area (Å²) in [5.41, 5.74) is 2.39. The van der Waals surface area contributed by atoms with Crippen LogP contribution in [0.4, 0.5) is 5.69 Å². The maximum absolute atomic E-state index is 12.8. The first-order valence-corrected chi connectivity index (χ1v) is 8.48. The molecule has 0 unspecified atom stereocenters. The van der Waals surface area contributed by atoms with Crippen molar-refractivity contribution in [3.8, 4) is 0 Å². The average Bonchev–Trinajstić information content (AvgIpc) is 2.89. The van der Waals surface area contributed by atoms with Crippen molar-refractivity contribution in [1.82, 2.24) is 9.38 Å². The summed E-state index contributed by atoms with van der Waals surface area (Å²) in [7, 11) is 0. The fourth-order valence-electron chi connectivity index (χ4n) is 2.34. The van der Waals surface area contributed by atoms with Crippen LogP contribution < -0.4 is 5.32 Å². The van der Waals surface area contributed by atoms with Crippen molar-refractivity contribution in [3.63, 3.8) is 0 Å². The van der Waals surface area contributed by atoms with Gasteiger partial charge in [-0.2, -0.15) is 0 Å². The maximum Gasteiger partial charge on any atom is 0.274 e. The summed E-state index contributed by atoms with van der Waals surface area (Å²) in [4.78, 5) is 17.3. The summed E-state index contributed by atoms with van der Waals surface area (Å²) in [5.74, 6) is -0.281. The van der Waals surface area contributed by atoms with E-state index in [4.69, 9.17) is 23.2 Å². The van der Waals surface area contributed by atoms with Gasteiger partial charge in [0.15, 0.2) is 0 Å². The van der Waals surface area contributed by atoms with E-state index in [-0.39, 0.29) is 5.91 Å². The molecule has 0 fully saturated rings. The number of nitrogens with one attached hydrogen (secondary N) is 1. The first-order valence-electron chi connectivity index (χ1n) is 6.93. The largest absolute Gasteiger partial charge is 0.319 e. The average molecular weight is 413 g/mol. The van der Waals surface area contributed by atoms with Crippen molar-refractivity contribution in [2.24, 2.45) is 0 Å². The van der Waals surface area contributed by atoms with Crippen LogP contribution in [0.3, 0.4) is 0 Å². The van der Waals surface area contributed by atoms with Crippen LogP contribution in [0.25, 0.3) is 5.65 Å². The van der Waals surface area contributed by atoms with Gasteiger partial charge in [-0.05, 0) is 46.6 Å². The van der Waals surface area contributed by atoms with Gasteiger partial charge in [-0.15, -0.1) is 0 Å². The minimum Gasteiger partial charge on any atom is -0.319 e. The normalized spacial score (nSPS) is 11.0. The summed E-state index contributed by atoms with van der Waals surface area (Å²) < 4.78 is 2.62. The summed E-state index contributed by atoms with van der Waals surface area (Å²) in [5, 5.41) is 3.51. The summed E-state index contributed by atoms with van der Waals surface area (Å²) >= 11 is 15.5. The molecule has 1 N–H and O–H groups in total. The Bertz CT molecular complexity index is 908. The van der Waals surface area contributed by atoms with Crippen molar-refractivity contribution < 1.29 is 4.79 Å². The lowest BCUT2D eigenvalue weighted by atomic mass is 10.2. The molecule has 0 spiro atoms. The number of carbonyl (C=O) groups excluding carboxylic acids is 1. The predicted octanol–water partition coefficient (Wildman–Crippen LogP) is 5.22. The molecule has 0 aliphatic carbocycles. The highest BCUT2D eigenvalue weighted by atomic mass is 79.9. The van der Waals surface area contributed by atoms with Crippen molar-refractivity contribution in [3.05, 3.63) is 62.4 Å². The van der Waals surface area contributed by atoms with E-state index in [0.717, 1.165) is 10.2 Å². The molecule has 0 saturated heterocycles. The number of pyridine rings is 1. The number of aryl methyl sites for hydroxylation is 1. The van der Waals surface area contributed by atoms with Gasteiger partial charge in [-0.25, -0.2) is 4.98 Å². The number of carbonyl (C=O) groups is 1. The third-order valence-electron chi connectivity index (χ3n) is 3.40. The molecule has 1 amide bonds. The van der Waals surface area contributed by atoms with E-state index in [1.54, 1.807) is 22.6 Å². The monoisotopic (exact) mass is 411 g/mol. The minimum absolute atomic E-state index is 0.281. The number of anilines is 1. The predicted molar refractivity (Wildman–Crippen MR) is 96.7 cm³/mol. The highest BCUT2D eigenvalue weighted by Crippen LogP contribution is 2.30. The molecule has 4 nitrogen and oxygen atoms in total. The number of rotatable bonds is 3. The standard InChI is InChI=1S/C16H12BrCl2N3O/c1-2-11-15(22-8-9(17)6-7-13(22)20-11)16(23)21-12-5-3-4-10(18)14(12)19/h3-8H,2H2,1H3,(H,21,23). The van der Waals surface area contributed by atoms with Crippen LogP contribution in [0.1, 0.15) is 23.1 Å². The number of hydrogen-bond donors (Lipinski definition) is 1. The van der Waals surface area contributed by atoms with Gasteiger partial charge in [0.1, 0.15) is 11.3 Å². The molecule has 0 aliphatic rings. The number of nitrogens with zero attached hydrogens (tertiary/aromatic N) is 2. The lowest BCUT2D eigenvalue weighted by Gasteiger charge is -2.09. The van der Waals surface area contributed by atoms with Gasteiger partial charge in [0, 0.05) is 10.7 Å². The lowest BCUT2D eigenvalue weighted by molar-refractivity contribution is 0.102. The van der Waals surface area contributed by atoms with E-state index in [1.165, 1.54) is 0 Å². The van der Waals surface area contributed by atoms with Gasteiger partial charge in [-0.1, -0.05) is 36.2 Å². The third kappa shape index (κ3) is 3.09. The number of amides is 1. The number of hydrogen-bond acceptors (Lipinski definition) is 2. The molecule has 118 valence electrons. The fourth-order valence-corrected chi connectivity index (χ4v) is 3.02. The van der Waals surface area contributed by atoms with Crippen molar-refractivity contribution in [2.45, 2.75) is 13.3 Å². The van der Waals surface area contributed by atoms with Gasteiger partial charge in [0.25, 0.3) is 5.91 Å². The molecule has 3 rings (SSSR count). The van der Waals surface area contributed by atoms with E-state index in [9.17, 15) is 4.79 Å². The smallest absolute Gasteiger partial charge is 0.274 e. The van der Waals surface area contributed by atoms with Gasteiger partial charge >= 0.3 is 0 Å². The summed E-state index contributed by atoms with van der Waals surface area (Å²) in [6.07, 6.45) is 2.46. The molecule has 0 bridgehead atoms. The SMILES string of the molecule is CCc1nc2ccc(Br)cn2c1C(=O)Nc1cccc(Cl)c1Cl. The fraction of sp³-hybridized carbons (Fsp3) is 0.125. The van der Waals surface area contributed by atoms with Crippen molar-refractivity contribution in [1.29, 1.82) is 0 Å². The number of imidazole rings is 1. The van der Waals surface area contributed by atoms with Gasteiger partial charge < -0.3 is 5.32 Å². The molecule has 7 heteroatoms. The Balaban J connectivity index is 2.06. The molecule has 1 aromatic carbocycles. The zero-order chi connectivity index (χ0) is 16.6. The van der Waals surface area contributed by atoms with Crippen molar-refractivity contribution >= 4 is 56.4 Å². The highest BCUT2D eigenvalue weighted by Gasteiger charge is 2.19. The number of benzene rings is 1. The van der Waals surface area contributed by atoms with Crippen LogP contribution in [0, 0.1) is 0 Å². The lowest BCUT2D eigenvalue weighted by Crippen LogP contribution is -2.16. The molecule has 0 atom stereocenters. The van der Waals surface area contributed by atoms with Gasteiger partial charge in [0.2, 0.25) is 0 Å². The first-order chi connectivity index (χ1) is 11.0.